The molecule has 22 heavy (non-hydrogen) atoms. The van der Waals surface area contributed by atoms with Gasteiger partial charge < -0.3 is 15.8 Å². The van der Waals surface area contributed by atoms with Crippen LogP contribution in [0.4, 0.5) is 4.39 Å². The zero-order chi connectivity index (χ0) is 15.4. The Kier molecular flexibility index (Phi) is 7.10. The number of nitrogens with two attached hydrogens (primary N) is 1. The topological polar surface area (TPSA) is 64.4 Å². The van der Waals surface area contributed by atoms with Crippen molar-refractivity contribution >= 4 is 18.3 Å². The first kappa shape index (κ1) is 18.7. The summed E-state index contributed by atoms with van der Waals surface area (Å²) in [5.74, 6) is 0.341. The number of carbonyl (C=O) groups excluding carboxylic acids is 1. The molecule has 4 nitrogen and oxygen atoms in total. The molecule has 1 amide bonds. The van der Waals surface area contributed by atoms with Gasteiger partial charge in [-0.15, -0.1) is 12.4 Å². The summed E-state index contributed by atoms with van der Waals surface area (Å²) in [6.07, 6.45) is 2.60. The van der Waals surface area contributed by atoms with Crippen LogP contribution in [0.3, 0.4) is 0 Å². The molecule has 2 rings (SSSR count). The second-order valence-electron chi connectivity index (χ2n) is 5.91. The van der Waals surface area contributed by atoms with Crippen molar-refractivity contribution in [3.05, 3.63) is 29.6 Å². The van der Waals surface area contributed by atoms with E-state index in [-0.39, 0.29) is 48.4 Å². The number of carbonyl (C=O) groups is 1. The van der Waals surface area contributed by atoms with Crippen molar-refractivity contribution in [3.63, 3.8) is 0 Å². The molecule has 0 heterocycles. The zero-order valence-corrected chi connectivity index (χ0v) is 13.8. The highest BCUT2D eigenvalue weighted by atomic mass is 35.5. The number of ether oxygens (including phenoxy) is 1. The summed E-state index contributed by atoms with van der Waals surface area (Å²) in [4.78, 5) is 11.7. The smallest absolute Gasteiger partial charge is 0.222 e. The minimum atomic E-state index is -0.388. The van der Waals surface area contributed by atoms with Crippen molar-refractivity contribution in [2.24, 2.45) is 11.7 Å². The minimum absolute atomic E-state index is 0. The van der Waals surface area contributed by atoms with Crippen LogP contribution in [0.1, 0.15) is 44.7 Å². The molecule has 0 aliphatic heterocycles. The van der Waals surface area contributed by atoms with Crippen LogP contribution >= 0.6 is 12.4 Å². The maximum atomic E-state index is 14.0. The van der Waals surface area contributed by atoms with Crippen LogP contribution in [-0.2, 0) is 4.79 Å². The third-order valence-electron chi connectivity index (χ3n) is 3.51. The normalized spacial score (nSPS) is 16.4. The fourth-order valence-electron chi connectivity index (χ4n) is 2.07. The third-order valence-corrected chi connectivity index (χ3v) is 3.51. The van der Waals surface area contributed by atoms with E-state index in [1.807, 2.05) is 6.92 Å². The van der Waals surface area contributed by atoms with Gasteiger partial charge in [-0.05, 0) is 50.3 Å². The molecule has 1 saturated carbocycles. The van der Waals surface area contributed by atoms with Gasteiger partial charge >= 0.3 is 0 Å². The Balaban J connectivity index is 0.00000242. The molecule has 6 heteroatoms. The van der Waals surface area contributed by atoms with Gasteiger partial charge in [0.15, 0.2) is 11.6 Å². The van der Waals surface area contributed by atoms with Gasteiger partial charge in [0, 0.05) is 12.5 Å². The van der Waals surface area contributed by atoms with E-state index in [9.17, 15) is 9.18 Å². The number of nitrogens with one attached hydrogen (secondary N) is 1. The van der Waals surface area contributed by atoms with E-state index in [0.717, 1.165) is 0 Å². The lowest BCUT2D eigenvalue weighted by Crippen LogP contribution is -2.31. The summed E-state index contributed by atoms with van der Waals surface area (Å²) in [6.45, 7) is 4.17. The van der Waals surface area contributed by atoms with E-state index >= 15 is 0 Å². The Morgan fingerprint density at radius 2 is 2.14 bits per heavy atom. The SMILES string of the molecule is CC(N)CC(=O)NC(C)c1ccc(OCC2CC2)c(F)c1.Cl. The first-order valence-electron chi connectivity index (χ1n) is 7.43. The molecular formula is C16H24ClFN2O2. The maximum Gasteiger partial charge on any atom is 0.222 e. The molecule has 0 bridgehead atoms. The number of halogens is 2. The van der Waals surface area contributed by atoms with Crippen LogP contribution in [0.2, 0.25) is 0 Å². The summed E-state index contributed by atoms with van der Waals surface area (Å²) in [7, 11) is 0. The van der Waals surface area contributed by atoms with Crippen molar-refractivity contribution in [2.45, 2.75) is 45.2 Å². The highest BCUT2D eigenvalue weighted by Gasteiger charge is 2.22. The largest absolute Gasteiger partial charge is 0.490 e. The van der Waals surface area contributed by atoms with E-state index in [1.54, 1.807) is 19.1 Å². The lowest BCUT2D eigenvalue weighted by Gasteiger charge is -2.16. The molecule has 1 aromatic carbocycles. The number of hydrogen-bond acceptors (Lipinski definition) is 3. The standard InChI is InChI=1S/C16H23FN2O2.ClH/c1-10(18)7-16(20)19-11(2)13-5-6-15(14(17)8-13)21-9-12-3-4-12;/h5-6,8,10-12H,3-4,7,9,18H2,1-2H3,(H,19,20);1H. The molecule has 1 aromatic rings. The summed E-state index contributed by atoms with van der Waals surface area (Å²) in [6, 6.07) is 4.37. The molecule has 1 aliphatic carbocycles. The first-order chi connectivity index (χ1) is 9.95. The van der Waals surface area contributed by atoms with Gasteiger partial charge in [-0.25, -0.2) is 4.39 Å². The van der Waals surface area contributed by atoms with Gasteiger partial charge in [-0.2, -0.15) is 0 Å². The van der Waals surface area contributed by atoms with E-state index < -0.39 is 0 Å². The fourth-order valence-corrected chi connectivity index (χ4v) is 2.07. The van der Waals surface area contributed by atoms with Gasteiger partial charge in [0.2, 0.25) is 5.91 Å². The summed E-state index contributed by atoms with van der Waals surface area (Å²) < 4.78 is 19.4. The van der Waals surface area contributed by atoms with Gasteiger partial charge in [0.25, 0.3) is 0 Å². The highest BCUT2D eigenvalue weighted by Crippen LogP contribution is 2.30. The van der Waals surface area contributed by atoms with Crippen molar-refractivity contribution in [1.29, 1.82) is 0 Å². The number of rotatable bonds is 7. The molecule has 2 unspecified atom stereocenters. The highest BCUT2D eigenvalue weighted by molar-refractivity contribution is 5.85. The molecule has 0 aromatic heterocycles. The van der Waals surface area contributed by atoms with Crippen LogP contribution in [0.25, 0.3) is 0 Å². The van der Waals surface area contributed by atoms with Gasteiger partial charge in [0.05, 0.1) is 12.6 Å². The third kappa shape index (κ3) is 5.81. The Labute approximate surface area is 137 Å². The van der Waals surface area contributed by atoms with E-state index in [4.69, 9.17) is 10.5 Å². The average molecular weight is 331 g/mol. The number of benzene rings is 1. The van der Waals surface area contributed by atoms with Gasteiger partial charge in [0.1, 0.15) is 0 Å². The zero-order valence-electron chi connectivity index (χ0n) is 13.0. The second kappa shape index (κ2) is 8.34. The first-order valence-corrected chi connectivity index (χ1v) is 7.43. The summed E-state index contributed by atoms with van der Waals surface area (Å²) >= 11 is 0. The average Bonchev–Trinajstić information content (AvgIpc) is 3.20. The Hall–Kier alpha value is -1.33. The van der Waals surface area contributed by atoms with Crippen LogP contribution in [-0.4, -0.2) is 18.6 Å². The number of amides is 1. The monoisotopic (exact) mass is 330 g/mol. The molecule has 2 atom stereocenters. The molecular weight excluding hydrogens is 307 g/mol. The molecule has 0 spiro atoms. The predicted octanol–water partition coefficient (Wildman–Crippen LogP) is 2.95. The van der Waals surface area contributed by atoms with Crippen molar-refractivity contribution in [2.75, 3.05) is 6.61 Å². The van der Waals surface area contributed by atoms with Crippen molar-refractivity contribution in [1.82, 2.24) is 5.32 Å². The van der Waals surface area contributed by atoms with Crippen LogP contribution in [0, 0.1) is 11.7 Å². The minimum Gasteiger partial charge on any atom is -0.490 e. The van der Waals surface area contributed by atoms with Crippen molar-refractivity contribution < 1.29 is 13.9 Å². The molecule has 3 N–H and O–H groups in total. The molecule has 1 aliphatic rings. The molecule has 0 radical (unpaired) electrons. The lowest BCUT2D eigenvalue weighted by molar-refractivity contribution is -0.122. The molecule has 1 fully saturated rings. The Morgan fingerprint density at radius 3 is 2.68 bits per heavy atom. The predicted molar refractivity (Wildman–Crippen MR) is 86.7 cm³/mol. The van der Waals surface area contributed by atoms with Crippen LogP contribution in [0.5, 0.6) is 5.75 Å². The fraction of sp³-hybridized carbons (Fsp3) is 0.562. The second-order valence-corrected chi connectivity index (χ2v) is 5.91. The van der Waals surface area contributed by atoms with Gasteiger partial charge in [-0.3, -0.25) is 4.79 Å². The quantitative estimate of drug-likeness (QED) is 0.808. The van der Waals surface area contributed by atoms with Crippen molar-refractivity contribution in [3.8, 4) is 5.75 Å². The van der Waals surface area contributed by atoms with Crippen LogP contribution in [0.15, 0.2) is 18.2 Å². The molecule has 0 saturated heterocycles. The maximum absolute atomic E-state index is 14.0. The summed E-state index contributed by atoms with van der Waals surface area (Å²) in [5.41, 5.74) is 6.29. The van der Waals surface area contributed by atoms with Crippen LogP contribution < -0.4 is 15.8 Å². The Morgan fingerprint density at radius 1 is 1.45 bits per heavy atom. The van der Waals surface area contributed by atoms with E-state index in [0.29, 0.717) is 18.1 Å². The number of hydrogen-bond donors (Lipinski definition) is 2. The molecule has 124 valence electrons. The van der Waals surface area contributed by atoms with Gasteiger partial charge in [-0.1, -0.05) is 6.07 Å². The van der Waals surface area contributed by atoms with E-state index in [1.165, 1.54) is 18.9 Å². The summed E-state index contributed by atoms with van der Waals surface area (Å²) in [5, 5.41) is 2.81. The van der Waals surface area contributed by atoms with E-state index in [2.05, 4.69) is 5.32 Å². The lowest BCUT2D eigenvalue weighted by atomic mass is 10.1. The Bertz CT molecular complexity index is 507.